The van der Waals surface area contributed by atoms with E-state index in [1.165, 1.54) is 16.7 Å². The molecule has 2 unspecified atom stereocenters. The number of rotatable bonds is 3. The van der Waals surface area contributed by atoms with Gasteiger partial charge >= 0.3 is 0 Å². The van der Waals surface area contributed by atoms with Crippen molar-refractivity contribution in [2.24, 2.45) is 11.8 Å². The van der Waals surface area contributed by atoms with Gasteiger partial charge in [0.25, 0.3) is 0 Å². The molecular formula is C21H24N4. The number of benzene rings is 2. The first-order valence-corrected chi connectivity index (χ1v) is 9.05. The summed E-state index contributed by atoms with van der Waals surface area (Å²) in [7, 11) is 0. The normalized spacial score (nSPS) is 28.9. The van der Waals surface area contributed by atoms with Gasteiger partial charge in [0.1, 0.15) is 0 Å². The maximum atomic E-state index is 9.15. The fourth-order valence-corrected chi connectivity index (χ4v) is 4.24. The Morgan fingerprint density at radius 1 is 1.00 bits per heavy atom. The second-order valence-electron chi connectivity index (χ2n) is 7.32. The zero-order chi connectivity index (χ0) is 17.2. The van der Waals surface area contributed by atoms with Gasteiger partial charge in [-0.05, 0) is 41.0 Å². The second-order valence-corrected chi connectivity index (χ2v) is 7.32. The third-order valence-electron chi connectivity index (χ3n) is 5.66. The van der Waals surface area contributed by atoms with E-state index in [0.29, 0.717) is 23.9 Å². The minimum Gasteiger partial charge on any atom is -0.310 e. The predicted molar refractivity (Wildman–Crippen MR) is 99.1 cm³/mol. The molecule has 25 heavy (non-hydrogen) atoms. The van der Waals surface area contributed by atoms with Crippen LogP contribution in [-0.2, 0) is 0 Å². The van der Waals surface area contributed by atoms with Crippen LogP contribution in [0.5, 0.6) is 0 Å². The largest absolute Gasteiger partial charge is 0.310 e. The fraction of sp³-hybridized carbons (Fsp3) is 0.381. The van der Waals surface area contributed by atoms with E-state index in [0.717, 1.165) is 19.5 Å². The average molecular weight is 332 g/mol. The predicted octanol–water partition coefficient (Wildman–Crippen LogP) is 3.31. The van der Waals surface area contributed by atoms with Gasteiger partial charge in [0.2, 0.25) is 0 Å². The van der Waals surface area contributed by atoms with E-state index in [4.69, 9.17) is 5.26 Å². The topological polar surface area (TPSA) is 51.1 Å². The Morgan fingerprint density at radius 2 is 1.80 bits per heavy atom. The molecule has 0 bridgehead atoms. The van der Waals surface area contributed by atoms with Gasteiger partial charge in [-0.2, -0.15) is 5.26 Å². The molecule has 0 spiro atoms. The molecule has 0 aliphatic carbocycles. The summed E-state index contributed by atoms with van der Waals surface area (Å²) < 4.78 is 0. The monoisotopic (exact) mass is 332 g/mol. The summed E-state index contributed by atoms with van der Waals surface area (Å²) in [5.74, 6) is 1.07. The van der Waals surface area contributed by atoms with E-state index in [2.05, 4.69) is 72.5 Å². The molecule has 2 N–H and O–H groups in total. The smallest absolute Gasteiger partial charge is 0.179 e. The highest BCUT2D eigenvalue weighted by molar-refractivity contribution is 5.64. The van der Waals surface area contributed by atoms with Crippen LogP contribution in [0.2, 0.25) is 0 Å². The summed E-state index contributed by atoms with van der Waals surface area (Å²) in [6.07, 6.45) is 3.36. The first-order valence-electron chi connectivity index (χ1n) is 9.05. The van der Waals surface area contributed by atoms with Crippen molar-refractivity contribution in [1.29, 1.82) is 5.26 Å². The van der Waals surface area contributed by atoms with Crippen LogP contribution in [0.25, 0.3) is 11.1 Å². The van der Waals surface area contributed by atoms with Crippen LogP contribution in [0.15, 0.2) is 54.6 Å². The Labute approximate surface area is 149 Å². The van der Waals surface area contributed by atoms with Crippen LogP contribution < -0.4 is 10.9 Å². The summed E-state index contributed by atoms with van der Waals surface area (Å²) >= 11 is 0. The quantitative estimate of drug-likeness (QED) is 0.847. The van der Waals surface area contributed by atoms with Gasteiger partial charge in [-0.25, -0.2) is 0 Å². The van der Waals surface area contributed by atoms with Crippen LogP contribution in [0.1, 0.15) is 24.9 Å². The zero-order valence-electron chi connectivity index (χ0n) is 14.5. The van der Waals surface area contributed by atoms with Gasteiger partial charge in [-0.1, -0.05) is 55.5 Å². The maximum absolute atomic E-state index is 9.15. The van der Waals surface area contributed by atoms with Crippen molar-refractivity contribution in [2.75, 3.05) is 13.1 Å². The van der Waals surface area contributed by atoms with E-state index in [9.17, 15) is 0 Å². The Kier molecular flexibility index (Phi) is 4.44. The number of nitrogens with zero attached hydrogens (tertiary/aromatic N) is 2. The van der Waals surface area contributed by atoms with Crippen molar-refractivity contribution >= 4 is 0 Å². The number of nitriles is 1. The molecule has 2 fully saturated rings. The summed E-state index contributed by atoms with van der Waals surface area (Å²) in [4.78, 5) is 1.89. The molecule has 2 saturated heterocycles. The van der Waals surface area contributed by atoms with Gasteiger partial charge in [0, 0.05) is 25.2 Å². The fourth-order valence-electron chi connectivity index (χ4n) is 4.24. The lowest BCUT2D eigenvalue weighted by Gasteiger charge is -2.20. The molecule has 4 rings (SSSR count). The van der Waals surface area contributed by atoms with Crippen LogP contribution in [0, 0.1) is 23.3 Å². The first-order chi connectivity index (χ1) is 12.2. The highest BCUT2D eigenvalue weighted by Crippen LogP contribution is 2.34. The van der Waals surface area contributed by atoms with Gasteiger partial charge < -0.3 is 4.90 Å². The average Bonchev–Trinajstić information content (AvgIpc) is 3.29. The van der Waals surface area contributed by atoms with Crippen molar-refractivity contribution in [1.82, 2.24) is 15.8 Å². The number of nitrogens with one attached hydrogen (secondary N) is 2. The molecule has 0 saturated carbocycles. The molecule has 2 aliphatic rings. The highest BCUT2D eigenvalue weighted by Gasteiger charge is 2.39. The molecule has 128 valence electrons. The van der Waals surface area contributed by atoms with E-state index >= 15 is 0 Å². The molecule has 4 atom stereocenters. The Bertz CT molecular complexity index is 767. The van der Waals surface area contributed by atoms with Crippen LogP contribution in [0.4, 0.5) is 0 Å². The van der Waals surface area contributed by atoms with E-state index in [1.54, 1.807) is 0 Å². The van der Waals surface area contributed by atoms with Gasteiger partial charge in [-0.15, -0.1) is 0 Å². The Balaban J connectivity index is 1.48. The van der Waals surface area contributed by atoms with E-state index in [1.807, 2.05) is 11.0 Å². The summed E-state index contributed by atoms with van der Waals surface area (Å²) in [5, 5.41) is 9.15. The minimum absolute atomic E-state index is 0.317. The summed E-state index contributed by atoms with van der Waals surface area (Å²) in [6.45, 7) is 4.01. The molecule has 0 radical (unpaired) electrons. The minimum atomic E-state index is 0.317. The molecule has 2 heterocycles. The lowest BCUT2D eigenvalue weighted by atomic mass is 9.87. The summed E-state index contributed by atoms with van der Waals surface area (Å²) in [5.41, 5.74) is 10.8. The van der Waals surface area contributed by atoms with E-state index < -0.39 is 0 Å². The molecule has 4 nitrogen and oxygen atoms in total. The third-order valence-corrected chi connectivity index (χ3v) is 5.66. The van der Waals surface area contributed by atoms with Crippen molar-refractivity contribution in [2.45, 2.75) is 25.4 Å². The maximum Gasteiger partial charge on any atom is 0.179 e. The Hall–Kier alpha value is -2.35. The lowest BCUT2D eigenvalue weighted by molar-refractivity contribution is 0.330. The molecule has 2 aromatic rings. The van der Waals surface area contributed by atoms with Gasteiger partial charge in [-0.3, -0.25) is 10.9 Å². The number of hydrogen-bond acceptors (Lipinski definition) is 4. The van der Waals surface area contributed by atoms with Crippen molar-refractivity contribution in [3.05, 3.63) is 60.2 Å². The van der Waals surface area contributed by atoms with Crippen LogP contribution in [0.3, 0.4) is 0 Å². The van der Waals surface area contributed by atoms with Crippen molar-refractivity contribution in [3.63, 3.8) is 0 Å². The Morgan fingerprint density at radius 3 is 2.56 bits per heavy atom. The second kappa shape index (κ2) is 6.87. The zero-order valence-corrected chi connectivity index (χ0v) is 14.5. The number of hydrogen-bond donors (Lipinski definition) is 2. The number of likely N-dealkylation sites (tertiary alicyclic amines) is 1. The molecule has 2 aromatic carbocycles. The molecule has 0 amide bonds. The number of hydrazine groups is 1. The summed E-state index contributed by atoms with van der Waals surface area (Å²) in [6, 6.07) is 20.0. The van der Waals surface area contributed by atoms with Crippen molar-refractivity contribution < 1.29 is 0 Å². The SMILES string of the molecule is C[C@@H]1CN(C#N)C[C@H]1C1CC(c2cccc(-c3ccccc3)c2)NN1. The van der Waals surface area contributed by atoms with Crippen LogP contribution in [-0.4, -0.2) is 24.0 Å². The molecule has 2 aliphatic heterocycles. The first kappa shape index (κ1) is 16.1. The van der Waals surface area contributed by atoms with Gasteiger partial charge in [0.05, 0.1) is 0 Å². The van der Waals surface area contributed by atoms with Gasteiger partial charge in [0.15, 0.2) is 6.19 Å². The highest BCUT2D eigenvalue weighted by atomic mass is 15.4. The molecule has 4 heteroatoms. The standard InChI is InChI=1S/C21H24N4/c1-15-12-25(14-22)13-19(15)21-11-20(23-24-21)18-9-5-8-17(10-18)16-6-3-2-4-7-16/h2-10,15,19-21,23-24H,11-13H2,1H3/t15-,19-,20?,21?/m1/s1. The van der Waals surface area contributed by atoms with Crippen molar-refractivity contribution in [3.8, 4) is 17.3 Å². The molecular weight excluding hydrogens is 308 g/mol. The van der Waals surface area contributed by atoms with E-state index in [-0.39, 0.29) is 0 Å². The van der Waals surface area contributed by atoms with Crippen LogP contribution >= 0.6 is 0 Å². The molecule has 0 aromatic heterocycles. The third kappa shape index (κ3) is 3.26. The lowest BCUT2D eigenvalue weighted by Crippen LogP contribution is -2.38.